The Morgan fingerprint density at radius 2 is 2.17 bits per heavy atom. The van der Waals surface area contributed by atoms with Gasteiger partial charge in [-0.2, -0.15) is 5.10 Å². The van der Waals surface area contributed by atoms with E-state index in [0.29, 0.717) is 18.0 Å². The fourth-order valence-electron chi connectivity index (χ4n) is 1.34. The molecule has 2 aromatic rings. The Bertz CT molecular complexity index is 493. The first-order valence-corrected chi connectivity index (χ1v) is 5.47. The van der Waals surface area contributed by atoms with Crippen molar-refractivity contribution in [2.24, 2.45) is 0 Å². The zero-order chi connectivity index (χ0) is 12.8. The molecule has 1 aromatic carbocycles. The summed E-state index contributed by atoms with van der Waals surface area (Å²) in [6.45, 7) is 0.405. The summed E-state index contributed by atoms with van der Waals surface area (Å²) in [4.78, 5) is 11.5. The van der Waals surface area contributed by atoms with Gasteiger partial charge >= 0.3 is 0 Å². The lowest BCUT2D eigenvalue weighted by Crippen LogP contribution is -2.28. The van der Waals surface area contributed by atoms with Gasteiger partial charge in [0.25, 0.3) is 5.91 Å². The Morgan fingerprint density at radius 1 is 1.39 bits per heavy atom. The first kappa shape index (κ1) is 12.0. The SMILES string of the molecule is Nc1ccc(OCC(=O)NCc2cn[nH]c2)cc1. The molecule has 0 aliphatic rings. The van der Waals surface area contributed by atoms with Crippen LogP contribution in [0.1, 0.15) is 5.56 Å². The molecular weight excluding hydrogens is 232 g/mol. The number of amides is 1. The van der Waals surface area contributed by atoms with Gasteiger partial charge in [-0.15, -0.1) is 0 Å². The molecule has 0 aliphatic heterocycles. The van der Waals surface area contributed by atoms with Crippen LogP contribution in [0.25, 0.3) is 0 Å². The lowest BCUT2D eigenvalue weighted by molar-refractivity contribution is -0.123. The summed E-state index contributed by atoms with van der Waals surface area (Å²) in [5.74, 6) is 0.427. The van der Waals surface area contributed by atoms with Crippen LogP contribution < -0.4 is 15.8 Å². The maximum Gasteiger partial charge on any atom is 0.258 e. The molecule has 6 nitrogen and oxygen atoms in total. The van der Waals surface area contributed by atoms with Crippen molar-refractivity contribution in [3.63, 3.8) is 0 Å². The third-order valence-corrected chi connectivity index (χ3v) is 2.29. The maximum absolute atomic E-state index is 11.5. The number of carbonyl (C=O) groups is 1. The zero-order valence-electron chi connectivity index (χ0n) is 9.72. The second kappa shape index (κ2) is 5.72. The van der Waals surface area contributed by atoms with Crippen LogP contribution in [0.5, 0.6) is 5.75 Å². The summed E-state index contributed by atoms with van der Waals surface area (Å²) < 4.78 is 5.30. The number of nitrogens with two attached hydrogens (primary N) is 1. The van der Waals surface area contributed by atoms with Crippen molar-refractivity contribution in [1.82, 2.24) is 15.5 Å². The van der Waals surface area contributed by atoms with Gasteiger partial charge in [0.2, 0.25) is 0 Å². The van der Waals surface area contributed by atoms with Crippen molar-refractivity contribution in [3.8, 4) is 5.75 Å². The molecule has 1 amide bonds. The molecular formula is C12H14N4O2. The number of aromatic nitrogens is 2. The van der Waals surface area contributed by atoms with Gasteiger partial charge in [0.05, 0.1) is 6.20 Å². The van der Waals surface area contributed by atoms with Gasteiger partial charge in [-0.3, -0.25) is 9.89 Å². The van der Waals surface area contributed by atoms with Gasteiger partial charge < -0.3 is 15.8 Å². The summed E-state index contributed by atoms with van der Waals surface area (Å²) >= 11 is 0. The lowest BCUT2D eigenvalue weighted by atomic mass is 10.3. The Balaban J connectivity index is 1.73. The average molecular weight is 246 g/mol. The second-order valence-corrected chi connectivity index (χ2v) is 3.74. The number of hydrogen-bond donors (Lipinski definition) is 3. The van der Waals surface area contributed by atoms with E-state index in [2.05, 4.69) is 15.5 Å². The monoisotopic (exact) mass is 246 g/mol. The highest BCUT2D eigenvalue weighted by atomic mass is 16.5. The minimum Gasteiger partial charge on any atom is -0.484 e. The number of carbonyl (C=O) groups excluding carboxylic acids is 1. The summed E-state index contributed by atoms with van der Waals surface area (Å²) in [6.07, 6.45) is 3.38. The fourth-order valence-corrected chi connectivity index (χ4v) is 1.34. The molecule has 0 bridgehead atoms. The molecule has 1 heterocycles. The third-order valence-electron chi connectivity index (χ3n) is 2.29. The van der Waals surface area contributed by atoms with Crippen molar-refractivity contribution in [1.29, 1.82) is 0 Å². The number of ether oxygens (including phenoxy) is 1. The Hall–Kier alpha value is -2.50. The van der Waals surface area contributed by atoms with Gasteiger partial charge in [0, 0.05) is 24.0 Å². The number of anilines is 1. The smallest absolute Gasteiger partial charge is 0.258 e. The summed E-state index contributed by atoms with van der Waals surface area (Å²) in [5, 5.41) is 9.17. The van der Waals surface area contributed by atoms with Crippen LogP contribution in [0.15, 0.2) is 36.7 Å². The number of benzene rings is 1. The zero-order valence-corrected chi connectivity index (χ0v) is 9.72. The first-order chi connectivity index (χ1) is 8.74. The van der Waals surface area contributed by atoms with E-state index in [9.17, 15) is 4.79 Å². The van der Waals surface area contributed by atoms with E-state index in [1.807, 2.05) is 0 Å². The predicted octanol–water partition coefficient (Wildman–Crippen LogP) is 0.687. The van der Waals surface area contributed by atoms with Crippen LogP contribution in [0.4, 0.5) is 5.69 Å². The Kier molecular flexibility index (Phi) is 3.80. The Morgan fingerprint density at radius 3 is 2.83 bits per heavy atom. The van der Waals surface area contributed by atoms with Gasteiger partial charge in [-0.25, -0.2) is 0 Å². The third kappa shape index (κ3) is 3.51. The number of nitrogens with zero attached hydrogens (tertiary/aromatic N) is 1. The second-order valence-electron chi connectivity index (χ2n) is 3.74. The average Bonchev–Trinajstić information content (AvgIpc) is 2.89. The van der Waals surface area contributed by atoms with E-state index in [1.165, 1.54) is 0 Å². The van der Waals surface area contributed by atoms with Crippen LogP contribution in [0.3, 0.4) is 0 Å². The molecule has 0 aliphatic carbocycles. The number of H-pyrrole nitrogens is 1. The van der Waals surface area contributed by atoms with Crippen molar-refractivity contribution < 1.29 is 9.53 Å². The van der Waals surface area contributed by atoms with Crippen LogP contribution in [0.2, 0.25) is 0 Å². The number of rotatable bonds is 5. The van der Waals surface area contributed by atoms with Crippen molar-refractivity contribution in [2.45, 2.75) is 6.54 Å². The summed E-state index contributed by atoms with van der Waals surface area (Å²) in [6, 6.07) is 6.88. The minimum atomic E-state index is -0.187. The quantitative estimate of drug-likeness (QED) is 0.676. The van der Waals surface area contributed by atoms with E-state index in [1.54, 1.807) is 36.7 Å². The van der Waals surface area contributed by atoms with Crippen LogP contribution >= 0.6 is 0 Å². The van der Waals surface area contributed by atoms with E-state index in [0.717, 1.165) is 5.56 Å². The molecule has 0 radical (unpaired) electrons. The first-order valence-electron chi connectivity index (χ1n) is 5.47. The van der Waals surface area contributed by atoms with E-state index >= 15 is 0 Å². The molecule has 0 saturated heterocycles. The molecule has 0 fully saturated rings. The largest absolute Gasteiger partial charge is 0.484 e. The summed E-state index contributed by atoms with van der Waals surface area (Å²) in [5.41, 5.74) is 7.11. The van der Waals surface area contributed by atoms with Crippen molar-refractivity contribution in [2.75, 3.05) is 12.3 Å². The van der Waals surface area contributed by atoms with Gasteiger partial charge in [-0.1, -0.05) is 0 Å². The molecule has 0 saturated carbocycles. The number of aromatic amines is 1. The maximum atomic E-state index is 11.5. The number of nitrogens with one attached hydrogen (secondary N) is 2. The molecule has 18 heavy (non-hydrogen) atoms. The lowest BCUT2D eigenvalue weighted by Gasteiger charge is -2.06. The number of nitrogen functional groups attached to an aromatic ring is 1. The van der Waals surface area contributed by atoms with Crippen LogP contribution in [0, 0.1) is 0 Å². The van der Waals surface area contributed by atoms with E-state index in [-0.39, 0.29) is 12.5 Å². The standard InChI is InChI=1S/C12H14N4O2/c13-10-1-3-11(4-2-10)18-8-12(17)14-5-9-6-15-16-7-9/h1-4,6-7H,5,8,13H2,(H,14,17)(H,15,16). The highest BCUT2D eigenvalue weighted by Gasteiger charge is 2.03. The normalized spacial score (nSPS) is 10.0. The van der Waals surface area contributed by atoms with Crippen LogP contribution in [-0.2, 0) is 11.3 Å². The molecule has 94 valence electrons. The van der Waals surface area contributed by atoms with E-state index < -0.39 is 0 Å². The predicted molar refractivity (Wildman–Crippen MR) is 66.8 cm³/mol. The van der Waals surface area contributed by atoms with Gasteiger partial charge in [0.1, 0.15) is 5.75 Å². The topological polar surface area (TPSA) is 93.0 Å². The molecule has 0 unspecified atom stereocenters. The minimum absolute atomic E-state index is 0.0260. The molecule has 2 rings (SSSR count). The fraction of sp³-hybridized carbons (Fsp3) is 0.167. The molecule has 0 spiro atoms. The molecule has 1 aromatic heterocycles. The van der Waals surface area contributed by atoms with Crippen molar-refractivity contribution in [3.05, 3.63) is 42.2 Å². The summed E-state index contributed by atoms with van der Waals surface area (Å²) in [7, 11) is 0. The van der Waals surface area contributed by atoms with Gasteiger partial charge in [-0.05, 0) is 24.3 Å². The van der Waals surface area contributed by atoms with Crippen LogP contribution in [-0.4, -0.2) is 22.7 Å². The number of hydrogen-bond acceptors (Lipinski definition) is 4. The highest BCUT2D eigenvalue weighted by molar-refractivity contribution is 5.77. The van der Waals surface area contributed by atoms with Gasteiger partial charge in [0.15, 0.2) is 6.61 Å². The van der Waals surface area contributed by atoms with Crippen molar-refractivity contribution >= 4 is 11.6 Å². The Labute approximate surface area is 104 Å². The highest BCUT2D eigenvalue weighted by Crippen LogP contribution is 2.12. The molecule has 6 heteroatoms. The van der Waals surface area contributed by atoms with E-state index in [4.69, 9.17) is 10.5 Å². The molecule has 4 N–H and O–H groups in total. The molecule has 0 atom stereocenters.